The van der Waals surface area contributed by atoms with Gasteiger partial charge in [-0.25, -0.2) is 0 Å². The molecule has 64 valence electrons. The Labute approximate surface area is 77.3 Å². The molecule has 1 aliphatic heterocycles. The summed E-state index contributed by atoms with van der Waals surface area (Å²) in [6, 6.07) is 0. The van der Waals surface area contributed by atoms with Crippen LogP contribution in [-0.4, -0.2) is 21.1 Å². The third kappa shape index (κ3) is 1.99. The highest BCUT2D eigenvalue weighted by atomic mass is 33.2. The highest BCUT2D eigenvalue weighted by molar-refractivity contribution is 8.95. The van der Waals surface area contributed by atoms with Gasteiger partial charge >= 0.3 is 0 Å². The lowest BCUT2D eigenvalue weighted by molar-refractivity contribution is 0.675. The average Bonchev–Trinajstić information content (AvgIpc) is 2.05. The second kappa shape index (κ2) is 3.94. The van der Waals surface area contributed by atoms with Crippen molar-refractivity contribution >= 4 is 31.9 Å². The van der Waals surface area contributed by atoms with Crippen molar-refractivity contribution in [2.24, 2.45) is 0 Å². The van der Waals surface area contributed by atoms with E-state index in [0.717, 1.165) is 16.8 Å². The minimum absolute atomic E-state index is 0.405. The Morgan fingerprint density at radius 3 is 3.09 bits per heavy atom. The Hall–Kier alpha value is 0.490. The maximum Gasteiger partial charge on any atom is 0.0662 e. The van der Waals surface area contributed by atoms with Crippen molar-refractivity contribution in [2.45, 2.75) is 4.58 Å². The van der Waals surface area contributed by atoms with Gasteiger partial charge in [-0.2, -0.15) is 0 Å². The summed E-state index contributed by atoms with van der Waals surface area (Å²) in [5.74, 6) is 1.04. The van der Waals surface area contributed by atoms with Gasteiger partial charge < -0.3 is 4.55 Å². The van der Waals surface area contributed by atoms with E-state index < -0.39 is 9.06 Å². The molecule has 0 aromatic heterocycles. The lowest BCUT2D eigenvalue weighted by Crippen LogP contribution is -2.09. The monoisotopic (exact) mass is 208 g/mol. The summed E-state index contributed by atoms with van der Waals surface area (Å²) in [5, 5.41) is 2.14. The van der Waals surface area contributed by atoms with Crippen LogP contribution in [0.2, 0.25) is 0 Å². The van der Waals surface area contributed by atoms with Crippen LogP contribution in [-0.2, 0) is 0 Å². The van der Waals surface area contributed by atoms with Gasteiger partial charge in [-0.1, -0.05) is 12.2 Å². The maximum atomic E-state index is 9.09. The van der Waals surface area contributed by atoms with Crippen LogP contribution in [0, 0.1) is 0 Å². The zero-order valence-corrected chi connectivity index (χ0v) is 8.85. The first-order chi connectivity index (χ1) is 5.23. The standard InChI is InChI=1S/C7H12OS3/c1-3-7-9-5-4-6-11(7,2)10-8/h3-4,6-8H,1,5H2,2H3. The smallest absolute Gasteiger partial charge is 0.0662 e. The molecule has 0 aromatic carbocycles. The quantitative estimate of drug-likeness (QED) is 0.427. The first-order valence-electron chi connectivity index (χ1n) is 3.24. The van der Waals surface area contributed by atoms with Gasteiger partial charge in [0.05, 0.1) is 4.58 Å². The topological polar surface area (TPSA) is 20.2 Å². The number of hydrogen-bond donors (Lipinski definition) is 1. The van der Waals surface area contributed by atoms with Crippen LogP contribution in [0.3, 0.4) is 0 Å². The van der Waals surface area contributed by atoms with E-state index in [-0.39, 0.29) is 0 Å². The van der Waals surface area contributed by atoms with E-state index in [2.05, 4.69) is 24.3 Å². The summed E-state index contributed by atoms with van der Waals surface area (Å²) in [6.45, 7) is 3.77. The van der Waals surface area contributed by atoms with Crippen molar-refractivity contribution < 1.29 is 4.55 Å². The van der Waals surface area contributed by atoms with E-state index >= 15 is 0 Å². The fourth-order valence-corrected chi connectivity index (χ4v) is 5.92. The van der Waals surface area contributed by atoms with Crippen LogP contribution in [0.1, 0.15) is 0 Å². The molecule has 0 saturated carbocycles. The molecule has 1 N–H and O–H groups in total. The molecule has 0 bridgehead atoms. The van der Waals surface area contributed by atoms with Crippen LogP contribution in [0.25, 0.3) is 0 Å². The van der Waals surface area contributed by atoms with Crippen LogP contribution in [0.15, 0.2) is 24.1 Å². The van der Waals surface area contributed by atoms with Crippen LogP contribution in [0.5, 0.6) is 0 Å². The first-order valence-corrected chi connectivity index (χ1v) is 7.74. The minimum atomic E-state index is -1.03. The van der Waals surface area contributed by atoms with Crippen molar-refractivity contribution in [3.05, 3.63) is 24.1 Å². The van der Waals surface area contributed by atoms with Gasteiger partial charge in [0.2, 0.25) is 0 Å². The molecule has 0 saturated heterocycles. The van der Waals surface area contributed by atoms with Gasteiger partial charge in [-0.15, -0.1) is 27.4 Å². The Morgan fingerprint density at radius 1 is 1.91 bits per heavy atom. The Bertz CT molecular complexity index is 181. The molecule has 0 spiro atoms. The molecule has 2 atom stereocenters. The van der Waals surface area contributed by atoms with E-state index in [4.69, 9.17) is 4.55 Å². The molecule has 1 aliphatic rings. The molecule has 1 rings (SSSR count). The van der Waals surface area contributed by atoms with Crippen LogP contribution < -0.4 is 0 Å². The van der Waals surface area contributed by atoms with Gasteiger partial charge in [0, 0.05) is 16.8 Å². The van der Waals surface area contributed by atoms with E-state index in [1.54, 1.807) is 0 Å². The van der Waals surface area contributed by atoms with Crippen molar-refractivity contribution in [3.63, 3.8) is 0 Å². The molecule has 1 nitrogen and oxygen atoms in total. The molecule has 0 amide bonds. The highest BCUT2D eigenvalue weighted by Gasteiger charge is 2.27. The lowest BCUT2D eigenvalue weighted by Gasteiger charge is -2.37. The Balaban J connectivity index is 2.79. The molecule has 1 heterocycles. The average molecular weight is 208 g/mol. The van der Waals surface area contributed by atoms with E-state index in [9.17, 15) is 0 Å². The summed E-state index contributed by atoms with van der Waals surface area (Å²) in [4.78, 5) is 0. The minimum Gasteiger partial charge on any atom is -0.321 e. The molecule has 4 heteroatoms. The molecule has 0 aromatic rings. The summed E-state index contributed by atoms with van der Waals surface area (Å²) >= 11 is 2.83. The fourth-order valence-electron chi connectivity index (χ4n) is 0.920. The van der Waals surface area contributed by atoms with E-state index in [1.165, 1.54) is 0 Å². The highest BCUT2D eigenvalue weighted by Crippen LogP contribution is 2.65. The number of thioether (sulfide) groups is 1. The molecule has 0 fully saturated rings. The Morgan fingerprint density at radius 2 is 2.64 bits per heavy atom. The van der Waals surface area contributed by atoms with Gasteiger partial charge in [0.15, 0.2) is 0 Å². The van der Waals surface area contributed by atoms with E-state index in [0.29, 0.717) is 4.58 Å². The molecular formula is C7H12OS3. The van der Waals surface area contributed by atoms with Gasteiger partial charge in [-0.3, -0.25) is 0 Å². The number of rotatable bonds is 2. The second-order valence-corrected chi connectivity index (χ2v) is 9.29. The maximum absolute atomic E-state index is 9.09. The normalized spacial score (nSPS) is 42.9. The molecule has 0 aliphatic carbocycles. The predicted octanol–water partition coefficient (Wildman–Crippen LogP) is 3.31. The SMILES string of the molecule is C=CC1SCC=CS1(C)SO. The molecule has 2 unspecified atom stereocenters. The third-order valence-corrected chi connectivity index (χ3v) is 8.50. The summed E-state index contributed by atoms with van der Waals surface area (Å²) in [5.41, 5.74) is 0. The first kappa shape index (κ1) is 9.58. The van der Waals surface area contributed by atoms with Gasteiger partial charge in [0.1, 0.15) is 0 Å². The Kier molecular flexibility index (Phi) is 3.43. The molecule has 11 heavy (non-hydrogen) atoms. The van der Waals surface area contributed by atoms with Crippen molar-refractivity contribution in [3.8, 4) is 0 Å². The summed E-state index contributed by atoms with van der Waals surface area (Å²) < 4.78 is 9.50. The van der Waals surface area contributed by atoms with E-state index in [1.807, 2.05) is 17.8 Å². The van der Waals surface area contributed by atoms with Gasteiger partial charge in [0.25, 0.3) is 0 Å². The zero-order chi connectivity index (χ0) is 8.32. The lowest BCUT2D eigenvalue weighted by atomic mass is 10.7. The van der Waals surface area contributed by atoms with Crippen LogP contribution >= 0.6 is 31.9 Å². The number of hydrogen-bond acceptors (Lipinski definition) is 3. The van der Waals surface area contributed by atoms with Gasteiger partial charge in [-0.05, 0) is 11.7 Å². The zero-order valence-electron chi connectivity index (χ0n) is 6.40. The van der Waals surface area contributed by atoms with Crippen molar-refractivity contribution in [1.82, 2.24) is 0 Å². The van der Waals surface area contributed by atoms with Crippen molar-refractivity contribution in [2.75, 3.05) is 12.0 Å². The largest absolute Gasteiger partial charge is 0.321 e. The predicted molar refractivity (Wildman–Crippen MR) is 59.3 cm³/mol. The fraction of sp³-hybridized carbons (Fsp3) is 0.429. The third-order valence-electron chi connectivity index (χ3n) is 1.54. The van der Waals surface area contributed by atoms with Crippen molar-refractivity contribution in [1.29, 1.82) is 0 Å². The second-order valence-electron chi connectivity index (χ2n) is 2.35. The molecule has 0 radical (unpaired) electrons. The van der Waals surface area contributed by atoms with Crippen LogP contribution in [0.4, 0.5) is 0 Å². The summed E-state index contributed by atoms with van der Waals surface area (Å²) in [7, 11) is -1.03. The molecular weight excluding hydrogens is 196 g/mol. The summed E-state index contributed by atoms with van der Waals surface area (Å²) in [6.07, 6.45) is 6.17.